The Balaban J connectivity index is 0.000000146. The summed E-state index contributed by atoms with van der Waals surface area (Å²) in [6, 6.07) is 10.5. The van der Waals surface area contributed by atoms with E-state index in [1.54, 1.807) is 0 Å². The Morgan fingerprint density at radius 2 is 1.88 bits per heavy atom. The summed E-state index contributed by atoms with van der Waals surface area (Å²) in [5.41, 5.74) is 4.42. The zero-order valence-electron chi connectivity index (χ0n) is 20.0. The average molecular weight is 430 g/mol. The maximum atomic E-state index is 11.7. The molecule has 0 saturated heterocycles. The van der Waals surface area contributed by atoms with Crippen LogP contribution in [0.3, 0.4) is 0 Å². The van der Waals surface area contributed by atoms with Gasteiger partial charge in [0.2, 0.25) is 0 Å². The Morgan fingerprint density at radius 1 is 1.00 bits per heavy atom. The molecule has 170 valence electrons. The summed E-state index contributed by atoms with van der Waals surface area (Å²) >= 11 is 0. The smallest absolute Gasteiger partial charge is 0.155 e. The van der Waals surface area contributed by atoms with E-state index in [1.165, 1.54) is 67.9 Å². The van der Waals surface area contributed by atoms with Gasteiger partial charge >= 0.3 is 0 Å². The maximum Gasteiger partial charge on any atom is 0.155 e. The first-order valence-electron chi connectivity index (χ1n) is 13.2. The van der Waals surface area contributed by atoms with Crippen molar-refractivity contribution in [2.45, 2.75) is 84.5 Å². The number of ketones is 1. The monoisotopic (exact) mass is 429 g/mol. The normalized spacial score (nSPS) is 33.4. The number of aromatic nitrogens is 1. The summed E-state index contributed by atoms with van der Waals surface area (Å²) in [4.78, 5) is 16.1. The number of pyridine rings is 1. The van der Waals surface area contributed by atoms with Gasteiger partial charge in [-0.3, -0.25) is 9.78 Å². The van der Waals surface area contributed by atoms with Gasteiger partial charge in [0.25, 0.3) is 0 Å². The highest BCUT2D eigenvalue weighted by molar-refractivity contribution is 5.91. The van der Waals surface area contributed by atoms with Crippen molar-refractivity contribution in [3.05, 3.63) is 53.7 Å². The van der Waals surface area contributed by atoms with Crippen LogP contribution in [0.15, 0.2) is 48.2 Å². The van der Waals surface area contributed by atoms with Gasteiger partial charge in [0.1, 0.15) is 0 Å². The number of benzene rings is 1. The van der Waals surface area contributed by atoms with Crippen molar-refractivity contribution in [1.82, 2.24) is 4.98 Å². The second-order valence-corrected chi connectivity index (χ2v) is 11.0. The van der Waals surface area contributed by atoms with E-state index in [2.05, 4.69) is 43.1 Å². The first-order chi connectivity index (χ1) is 15.6. The fourth-order valence-electron chi connectivity index (χ4n) is 7.82. The molecule has 0 aliphatic heterocycles. The van der Waals surface area contributed by atoms with Crippen molar-refractivity contribution in [2.75, 3.05) is 0 Å². The van der Waals surface area contributed by atoms with Gasteiger partial charge in [-0.2, -0.15) is 0 Å². The number of para-hydroxylation sites is 1. The van der Waals surface area contributed by atoms with Crippen LogP contribution in [0, 0.1) is 29.1 Å². The molecule has 1 aromatic heterocycles. The third kappa shape index (κ3) is 3.95. The van der Waals surface area contributed by atoms with Crippen LogP contribution in [0.2, 0.25) is 0 Å². The SMILES string of the molecule is CC12CCC(=O)C=C1CCC1C3CCCC3CCC12.CCCc1cccc2cccnc12. The molecule has 0 spiro atoms. The highest BCUT2D eigenvalue weighted by Crippen LogP contribution is 2.61. The fourth-order valence-corrected chi connectivity index (χ4v) is 7.82. The van der Waals surface area contributed by atoms with E-state index >= 15 is 0 Å². The summed E-state index contributed by atoms with van der Waals surface area (Å²) in [6.45, 7) is 4.68. The molecule has 0 bridgehead atoms. The molecular weight excluding hydrogens is 390 g/mol. The Hall–Kier alpha value is -1.96. The van der Waals surface area contributed by atoms with Gasteiger partial charge in [0.05, 0.1) is 5.52 Å². The summed E-state index contributed by atoms with van der Waals surface area (Å²) < 4.78 is 0. The predicted molar refractivity (Wildman–Crippen MR) is 132 cm³/mol. The number of allylic oxidation sites excluding steroid dienone is 1. The molecule has 6 rings (SSSR count). The van der Waals surface area contributed by atoms with Crippen LogP contribution in [0.1, 0.15) is 83.6 Å². The summed E-state index contributed by atoms with van der Waals surface area (Å²) in [7, 11) is 0. The van der Waals surface area contributed by atoms with Gasteiger partial charge in [0, 0.05) is 18.0 Å². The van der Waals surface area contributed by atoms with Gasteiger partial charge in [-0.1, -0.05) is 62.9 Å². The highest BCUT2D eigenvalue weighted by atomic mass is 16.1. The number of hydrogen-bond acceptors (Lipinski definition) is 2. The molecule has 4 aliphatic rings. The molecule has 3 fully saturated rings. The number of carbonyl (C=O) groups excluding carboxylic acids is 1. The Kier molecular flexibility index (Phi) is 6.23. The minimum atomic E-state index is 0.379. The molecule has 5 unspecified atom stereocenters. The number of aryl methyl sites for hydroxylation is 1. The minimum absolute atomic E-state index is 0.379. The lowest BCUT2D eigenvalue weighted by Gasteiger charge is -2.55. The van der Waals surface area contributed by atoms with Crippen LogP contribution >= 0.6 is 0 Å². The van der Waals surface area contributed by atoms with Gasteiger partial charge in [-0.05, 0) is 91.7 Å². The Bertz CT molecular complexity index is 1000. The van der Waals surface area contributed by atoms with Gasteiger partial charge in [-0.25, -0.2) is 0 Å². The number of hydrogen-bond donors (Lipinski definition) is 0. The van der Waals surface area contributed by atoms with Crippen molar-refractivity contribution in [1.29, 1.82) is 0 Å². The van der Waals surface area contributed by atoms with Crippen molar-refractivity contribution < 1.29 is 4.79 Å². The van der Waals surface area contributed by atoms with Gasteiger partial charge in [0.15, 0.2) is 5.78 Å². The van der Waals surface area contributed by atoms with E-state index in [0.29, 0.717) is 11.2 Å². The molecule has 5 atom stereocenters. The molecule has 0 radical (unpaired) electrons. The predicted octanol–water partition coefficient (Wildman–Crippen LogP) is 7.71. The van der Waals surface area contributed by atoms with Gasteiger partial charge < -0.3 is 0 Å². The van der Waals surface area contributed by atoms with E-state index in [9.17, 15) is 4.79 Å². The van der Waals surface area contributed by atoms with Crippen LogP contribution < -0.4 is 0 Å². The standard InChI is InChI=1S/C18H26O.C12H13N/c1-18-10-9-14(19)11-13(18)6-7-16-15-4-2-3-12(15)5-8-17(16)18;1-2-5-10-6-3-7-11-8-4-9-13-12(10)11/h11-12,15-17H,2-10H2,1H3;3-4,6-9H,2,5H2,1H3. The zero-order chi connectivity index (χ0) is 22.1. The summed E-state index contributed by atoms with van der Waals surface area (Å²) in [5, 5.41) is 1.24. The molecule has 0 amide bonds. The van der Waals surface area contributed by atoms with Crippen LogP contribution in [0.4, 0.5) is 0 Å². The largest absolute Gasteiger partial charge is 0.295 e. The van der Waals surface area contributed by atoms with Crippen molar-refractivity contribution >= 4 is 16.7 Å². The van der Waals surface area contributed by atoms with Crippen LogP contribution in [0.5, 0.6) is 0 Å². The molecule has 2 aromatic rings. The number of fused-ring (bicyclic) bond motifs is 6. The molecule has 2 heteroatoms. The van der Waals surface area contributed by atoms with E-state index in [0.717, 1.165) is 48.5 Å². The lowest BCUT2D eigenvalue weighted by molar-refractivity contribution is -0.116. The van der Waals surface area contributed by atoms with E-state index < -0.39 is 0 Å². The van der Waals surface area contributed by atoms with Crippen LogP contribution in [-0.4, -0.2) is 10.8 Å². The highest BCUT2D eigenvalue weighted by Gasteiger charge is 2.52. The summed E-state index contributed by atoms with van der Waals surface area (Å²) in [5.74, 6) is 4.35. The number of nitrogens with zero attached hydrogens (tertiary/aromatic N) is 1. The third-order valence-corrected chi connectivity index (χ3v) is 9.39. The molecule has 2 nitrogen and oxygen atoms in total. The van der Waals surface area contributed by atoms with E-state index in [-0.39, 0.29) is 0 Å². The third-order valence-electron chi connectivity index (χ3n) is 9.39. The lowest BCUT2D eigenvalue weighted by Crippen LogP contribution is -2.46. The molecular formula is C30H39NO. The summed E-state index contributed by atoms with van der Waals surface area (Å²) in [6.07, 6.45) is 18.1. The van der Waals surface area contributed by atoms with Crippen LogP contribution in [0.25, 0.3) is 10.9 Å². The molecule has 4 aliphatic carbocycles. The van der Waals surface area contributed by atoms with Crippen molar-refractivity contribution in [3.8, 4) is 0 Å². The second-order valence-electron chi connectivity index (χ2n) is 11.0. The maximum absolute atomic E-state index is 11.7. The Labute approximate surface area is 193 Å². The van der Waals surface area contributed by atoms with Crippen LogP contribution in [-0.2, 0) is 11.2 Å². The first-order valence-corrected chi connectivity index (χ1v) is 13.2. The second kappa shape index (κ2) is 9.12. The average Bonchev–Trinajstić information content (AvgIpc) is 3.30. The fraction of sp³-hybridized carbons (Fsp3) is 0.600. The Morgan fingerprint density at radius 3 is 2.75 bits per heavy atom. The van der Waals surface area contributed by atoms with E-state index in [4.69, 9.17) is 0 Å². The van der Waals surface area contributed by atoms with E-state index in [1.807, 2.05) is 18.3 Å². The minimum Gasteiger partial charge on any atom is -0.295 e. The topological polar surface area (TPSA) is 30.0 Å². The molecule has 3 saturated carbocycles. The zero-order valence-corrected chi connectivity index (χ0v) is 20.0. The first kappa shape index (κ1) is 21.9. The quantitative estimate of drug-likeness (QED) is 0.489. The van der Waals surface area contributed by atoms with Gasteiger partial charge in [-0.15, -0.1) is 0 Å². The number of rotatable bonds is 2. The van der Waals surface area contributed by atoms with Crippen molar-refractivity contribution in [2.24, 2.45) is 29.1 Å². The molecule has 1 aromatic carbocycles. The molecule has 1 heterocycles. The van der Waals surface area contributed by atoms with Crippen molar-refractivity contribution in [3.63, 3.8) is 0 Å². The molecule has 32 heavy (non-hydrogen) atoms. The number of carbonyl (C=O) groups is 1. The molecule has 0 N–H and O–H groups in total. The lowest BCUT2D eigenvalue weighted by atomic mass is 9.50.